The zero-order valence-corrected chi connectivity index (χ0v) is 3.40. The highest BCUT2D eigenvalue weighted by Gasteiger charge is 1.78. The molecule has 1 aromatic carbocycles. The molecule has 0 N–H and O–H groups in total. The van der Waals surface area contributed by atoms with Crippen LogP contribution >= 0.6 is 0 Å². The molecule has 0 aliphatic carbocycles. The van der Waals surface area contributed by atoms with Gasteiger partial charge in [0.05, 0.1) is 0 Å². The number of hydrogen-bond acceptors (Lipinski definition) is 1. The fourth-order valence-electron chi connectivity index (χ4n) is 0.0340. The molecule has 0 aliphatic rings. The highest BCUT2D eigenvalue weighted by Crippen LogP contribution is 1.61. The zero-order chi connectivity index (χ0) is 5.70. The molecule has 0 amide bonds. The van der Waals surface area contributed by atoms with E-state index in [4.69, 9.17) is 11.1 Å². The van der Waals surface area contributed by atoms with Gasteiger partial charge in [-0.1, -0.05) is 0 Å². The van der Waals surface area contributed by atoms with Crippen LogP contribution in [-0.4, -0.2) is 0 Å². The summed E-state index contributed by atoms with van der Waals surface area (Å²) in [6, 6.07) is 3.06. The maximum Gasteiger partial charge on any atom is 0.178 e. The summed E-state index contributed by atoms with van der Waals surface area (Å²) in [4.78, 5) is 10.9. The van der Waals surface area contributed by atoms with E-state index in [9.17, 15) is 4.79 Å². The first kappa shape index (κ1) is 5.72. The van der Waals surface area contributed by atoms with Gasteiger partial charge in [-0.25, -0.2) is 0 Å². The smallest absolute Gasteiger partial charge is 0.178 e. The predicted octanol–water partition coefficient (Wildman–Crippen LogP) is 0.788. The lowest BCUT2D eigenvalue weighted by atomic mass is 11.1. The van der Waals surface area contributed by atoms with Gasteiger partial charge in [0.2, 0.25) is 0 Å². The summed E-state index contributed by atoms with van der Waals surface area (Å²) in [5.74, 6) is 0. The molecule has 1 rings (SSSR count). The van der Waals surface area contributed by atoms with E-state index in [2.05, 4.69) is 0 Å². The molecule has 1 aromatic rings. The molecule has 0 radical (unpaired) electrons. The van der Waals surface area contributed by atoms with Crippen molar-refractivity contribution in [3.63, 3.8) is 0 Å². The van der Waals surface area contributed by atoms with E-state index in [1.165, 1.54) is 17.0 Å². The second-order valence-electron chi connectivity index (χ2n) is 0.825. The van der Waals surface area contributed by atoms with Crippen molar-refractivity contribution >= 4 is 0 Å². The molecule has 0 spiro atoms. The molecule has 4 nitrogen and oxygen atoms in total. The van der Waals surface area contributed by atoms with Crippen LogP contribution in [0.3, 0.4) is 0 Å². The summed E-state index contributed by atoms with van der Waals surface area (Å²) in [6.07, 6.45) is 0. The Morgan fingerprint density at radius 3 is 1.57 bits per heavy atom. The molecule has 36 valence electrons. The van der Waals surface area contributed by atoms with Gasteiger partial charge < -0.3 is 11.1 Å². The fourth-order valence-corrected chi connectivity index (χ4v) is 0.0340. The lowest BCUT2D eigenvalue weighted by molar-refractivity contribution is 2.05. The molecule has 0 fully saturated rings. The lowest BCUT2D eigenvalue weighted by Gasteiger charge is -1.31. The molecule has 0 saturated carbocycles. The summed E-state index contributed by atoms with van der Waals surface area (Å²) in [5, 5.41) is 0. The van der Waals surface area contributed by atoms with Gasteiger partial charge in [0.1, 0.15) is 0 Å². The van der Waals surface area contributed by atoms with Gasteiger partial charge in [0.25, 0.3) is 0 Å². The first-order valence-electron chi connectivity index (χ1n) is 1.51. The summed E-state index contributed by atoms with van der Waals surface area (Å²) in [7, 11) is 0. The standard InChI is InChI=1S/C3H2O.N3/c4-3-1-2-3;1-3-2/h1-2H;/q;-1. The minimum absolute atomic E-state index is 0.167. The normalized spacial score (nSPS) is 6.29. The number of hydrogen-bond donors (Lipinski definition) is 0. The first-order valence-corrected chi connectivity index (χ1v) is 1.51. The third kappa shape index (κ3) is 11.8. The molecule has 0 aliphatic heterocycles. The molecule has 0 atom stereocenters. The van der Waals surface area contributed by atoms with E-state index < -0.39 is 0 Å². The third-order valence-corrected chi connectivity index (χ3v) is 0.303. The Balaban J connectivity index is 0.000000110. The monoisotopic (exact) mass is 96.0 g/mol. The summed E-state index contributed by atoms with van der Waals surface area (Å²) in [6.45, 7) is 0. The van der Waals surface area contributed by atoms with Crippen LogP contribution in [0.4, 0.5) is 0 Å². The molecule has 7 heavy (non-hydrogen) atoms. The number of rotatable bonds is 0. The second-order valence-corrected chi connectivity index (χ2v) is 0.825. The van der Waals surface area contributed by atoms with E-state index >= 15 is 0 Å². The van der Waals surface area contributed by atoms with Gasteiger partial charge in [-0.15, -0.1) is 0 Å². The van der Waals surface area contributed by atoms with Crippen molar-refractivity contribution in [2.24, 2.45) is 0 Å². The molecule has 0 bridgehead atoms. The summed E-state index contributed by atoms with van der Waals surface area (Å²) in [5.41, 5.74) is 13.7. The van der Waals surface area contributed by atoms with Gasteiger partial charge in [-0.3, -0.25) is 9.71 Å². The van der Waals surface area contributed by atoms with Crippen molar-refractivity contribution in [2.45, 2.75) is 0 Å². The average molecular weight is 96.1 g/mol. The van der Waals surface area contributed by atoms with Crippen molar-refractivity contribution in [2.75, 3.05) is 0 Å². The minimum Gasteiger partial charge on any atom is -0.373 e. The van der Waals surface area contributed by atoms with Crippen LogP contribution in [0.2, 0.25) is 0 Å². The van der Waals surface area contributed by atoms with Crippen LogP contribution in [-0.2, 0) is 0 Å². The maximum atomic E-state index is 9.44. The third-order valence-electron chi connectivity index (χ3n) is 0.303. The molecule has 0 aromatic heterocycles. The van der Waals surface area contributed by atoms with Gasteiger partial charge in [0, 0.05) is 0 Å². The van der Waals surface area contributed by atoms with E-state index in [0.29, 0.717) is 0 Å². The summed E-state index contributed by atoms with van der Waals surface area (Å²) >= 11 is 0. The Kier molecular flexibility index (Phi) is 2.40. The van der Waals surface area contributed by atoms with Crippen LogP contribution in [0.1, 0.15) is 0 Å². The maximum absolute atomic E-state index is 9.44. The van der Waals surface area contributed by atoms with Crippen molar-refractivity contribution in [3.8, 4) is 0 Å². The Labute approximate surface area is 39.5 Å². The van der Waals surface area contributed by atoms with Crippen molar-refractivity contribution < 1.29 is 0 Å². The molecule has 0 saturated heterocycles. The number of nitrogens with zero attached hydrogens (tertiary/aromatic N) is 3. The quantitative estimate of drug-likeness (QED) is 0.267. The van der Waals surface area contributed by atoms with Crippen molar-refractivity contribution in [1.82, 2.24) is 0 Å². The Morgan fingerprint density at radius 1 is 1.43 bits per heavy atom. The second kappa shape index (κ2) is 2.93. The van der Waals surface area contributed by atoms with Crippen LogP contribution in [0.15, 0.2) is 16.9 Å². The van der Waals surface area contributed by atoms with Crippen LogP contribution < -0.4 is 5.43 Å². The Bertz CT molecular complexity index is 156. The summed E-state index contributed by atoms with van der Waals surface area (Å²) < 4.78 is 0. The molecular weight excluding hydrogens is 94.1 g/mol. The fraction of sp³-hybridized carbons (Fsp3) is 0. The average Bonchev–Trinajstić information content (AvgIpc) is 2.25. The minimum atomic E-state index is 0.167. The van der Waals surface area contributed by atoms with Gasteiger partial charge in [0.15, 0.2) is 5.43 Å². The van der Waals surface area contributed by atoms with Crippen LogP contribution in [0.5, 0.6) is 0 Å². The highest BCUT2D eigenvalue weighted by molar-refractivity contribution is 5.00. The van der Waals surface area contributed by atoms with E-state index in [1.807, 2.05) is 0 Å². The lowest BCUT2D eigenvalue weighted by Crippen LogP contribution is -1.61. The Hall–Kier alpha value is -1.28. The zero-order valence-electron chi connectivity index (χ0n) is 3.40. The highest BCUT2D eigenvalue weighted by atomic mass is 16.1. The predicted molar refractivity (Wildman–Crippen MR) is 25.2 cm³/mol. The topological polar surface area (TPSA) is 75.8 Å². The van der Waals surface area contributed by atoms with Crippen LogP contribution in [0, 0.1) is 0 Å². The van der Waals surface area contributed by atoms with Crippen LogP contribution in [0.25, 0.3) is 16.0 Å². The molecule has 0 unspecified atom stereocenters. The molecule has 4 heteroatoms. The van der Waals surface area contributed by atoms with E-state index in [0.717, 1.165) is 0 Å². The van der Waals surface area contributed by atoms with Gasteiger partial charge in [-0.2, -0.15) is 0 Å². The first-order chi connectivity index (χ1) is 3.31. The van der Waals surface area contributed by atoms with Crippen molar-refractivity contribution in [3.05, 3.63) is 38.3 Å². The van der Waals surface area contributed by atoms with Crippen molar-refractivity contribution in [1.29, 1.82) is 0 Å². The van der Waals surface area contributed by atoms with Gasteiger partial charge >= 0.3 is 0 Å². The van der Waals surface area contributed by atoms with E-state index in [-0.39, 0.29) is 5.43 Å². The Morgan fingerprint density at radius 2 is 1.57 bits per heavy atom. The molecular formula is C3H2N3O-. The SMILES string of the molecule is O=c1cc1.[N-]=[N+]=[N-]. The largest absolute Gasteiger partial charge is 0.373 e. The molecule has 0 heterocycles. The van der Waals surface area contributed by atoms with E-state index in [1.54, 1.807) is 0 Å². The van der Waals surface area contributed by atoms with Gasteiger partial charge in [-0.05, 0) is 12.1 Å².